The molecule has 2 aromatic carbocycles. The van der Waals surface area contributed by atoms with Gasteiger partial charge in [-0.1, -0.05) is 17.7 Å². The van der Waals surface area contributed by atoms with Crippen LogP contribution in [0.2, 0.25) is 0 Å². The summed E-state index contributed by atoms with van der Waals surface area (Å²) in [6.07, 6.45) is 0.990. The first-order valence-corrected chi connectivity index (χ1v) is 8.14. The first-order valence-electron chi connectivity index (χ1n) is 6.25. The summed E-state index contributed by atoms with van der Waals surface area (Å²) >= 11 is 0. The van der Waals surface area contributed by atoms with Crippen LogP contribution in [0.3, 0.4) is 0 Å². The van der Waals surface area contributed by atoms with Gasteiger partial charge in [-0.25, -0.2) is 8.42 Å². The number of aryl methyl sites for hydroxylation is 1. The molecule has 0 aliphatic heterocycles. The SMILES string of the molecule is Cc1ccc(Oc2cc([N+](=O)[O-])ccc2NS(C)(=O)=O)cc1. The topological polar surface area (TPSA) is 98.5 Å². The molecular formula is C14H14N2O5S. The molecule has 0 aromatic heterocycles. The molecule has 0 bridgehead atoms. The van der Waals surface area contributed by atoms with E-state index in [9.17, 15) is 18.5 Å². The lowest BCUT2D eigenvalue weighted by molar-refractivity contribution is -0.384. The van der Waals surface area contributed by atoms with Crippen molar-refractivity contribution in [1.82, 2.24) is 0 Å². The first kappa shape index (κ1) is 15.8. The second-order valence-corrected chi connectivity index (χ2v) is 6.48. The number of hydrogen-bond acceptors (Lipinski definition) is 5. The minimum atomic E-state index is -3.53. The minimum Gasteiger partial charge on any atom is -0.455 e. The van der Waals surface area contributed by atoms with Crippen LogP contribution in [-0.2, 0) is 10.0 Å². The maximum absolute atomic E-state index is 11.4. The van der Waals surface area contributed by atoms with Gasteiger partial charge in [-0.15, -0.1) is 0 Å². The Bertz CT molecular complexity index is 800. The van der Waals surface area contributed by atoms with Crippen LogP contribution in [0.5, 0.6) is 11.5 Å². The van der Waals surface area contributed by atoms with E-state index in [2.05, 4.69) is 4.72 Å². The Morgan fingerprint density at radius 1 is 1.14 bits per heavy atom. The van der Waals surface area contributed by atoms with Crippen molar-refractivity contribution in [3.05, 3.63) is 58.1 Å². The first-order chi connectivity index (χ1) is 10.2. The zero-order valence-electron chi connectivity index (χ0n) is 11.9. The second kappa shape index (κ2) is 6.02. The van der Waals surface area contributed by atoms with Crippen LogP contribution in [0, 0.1) is 17.0 Å². The van der Waals surface area contributed by atoms with Crippen LogP contribution >= 0.6 is 0 Å². The molecule has 1 N–H and O–H groups in total. The third-order valence-corrected chi connectivity index (χ3v) is 3.31. The van der Waals surface area contributed by atoms with E-state index in [-0.39, 0.29) is 17.1 Å². The predicted molar refractivity (Wildman–Crippen MR) is 82.8 cm³/mol. The molecule has 2 aromatic rings. The van der Waals surface area contributed by atoms with Gasteiger partial charge < -0.3 is 4.74 Å². The monoisotopic (exact) mass is 322 g/mol. The number of ether oxygens (including phenoxy) is 1. The molecule has 22 heavy (non-hydrogen) atoms. The Morgan fingerprint density at radius 3 is 2.32 bits per heavy atom. The van der Waals surface area contributed by atoms with Crippen molar-refractivity contribution in [3.63, 3.8) is 0 Å². The van der Waals surface area contributed by atoms with E-state index < -0.39 is 14.9 Å². The van der Waals surface area contributed by atoms with Gasteiger partial charge in [0.15, 0.2) is 5.75 Å². The van der Waals surface area contributed by atoms with Crippen LogP contribution < -0.4 is 9.46 Å². The highest BCUT2D eigenvalue weighted by Gasteiger charge is 2.15. The molecule has 0 spiro atoms. The Morgan fingerprint density at radius 2 is 1.77 bits per heavy atom. The van der Waals surface area contributed by atoms with Gasteiger partial charge in [-0.2, -0.15) is 0 Å². The van der Waals surface area contributed by atoms with Gasteiger partial charge in [0.05, 0.1) is 22.9 Å². The second-order valence-electron chi connectivity index (χ2n) is 4.73. The normalized spacial score (nSPS) is 11.0. The molecular weight excluding hydrogens is 308 g/mol. The number of sulfonamides is 1. The molecule has 2 rings (SSSR count). The zero-order valence-corrected chi connectivity index (χ0v) is 12.8. The number of anilines is 1. The molecule has 8 heteroatoms. The fraction of sp³-hybridized carbons (Fsp3) is 0.143. The molecule has 7 nitrogen and oxygen atoms in total. The molecule has 0 unspecified atom stereocenters. The number of nitro benzene ring substituents is 1. The van der Waals surface area contributed by atoms with Crippen LogP contribution in [0.15, 0.2) is 42.5 Å². The average Bonchev–Trinajstić information content (AvgIpc) is 2.41. The summed E-state index contributed by atoms with van der Waals surface area (Å²) in [5.41, 5.74) is 0.968. The lowest BCUT2D eigenvalue weighted by Crippen LogP contribution is -2.10. The summed E-state index contributed by atoms with van der Waals surface area (Å²) in [5, 5.41) is 10.9. The molecule has 0 fully saturated rings. The fourth-order valence-electron chi connectivity index (χ4n) is 1.73. The largest absolute Gasteiger partial charge is 0.455 e. The lowest BCUT2D eigenvalue weighted by Gasteiger charge is -2.12. The van der Waals surface area contributed by atoms with E-state index >= 15 is 0 Å². The van der Waals surface area contributed by atoms with Crippen molar-refractivity contribution >= 4 is 21.4 Å². The van der Waals surface area contributed by atoms with Crippen molar-refractivity contribution in [2.45, 2.75) is 6.92 Å². The van der Waals surface area contributed by atoms with E-state index in [0.29, 0.717) is 5.75 Å². The smallest absolute Gasteiger partial charge is 0.273 e. The molecule has 0 radical (unpaired) electrons. The Hall–Kier alpha value is -2.61. The van der Waals surface area contributed by atoms with Crippen LogP contribution in [0.25, 0.3) is 0 Å². The van der Waals surface area contributed by atoms with E-state index in [1.807, 2.05) is 19.1 Å². The van der Waals surface area contributed by atoms with Gasteiger partial charge in [0.25, 0.3) is 5.69 Å². The molecule has 116 valence electrons. The number of rotatable bonds is 5. The summed E-state index contributed by atoms with van der Waals surface area (Å²) in [5.74, 6) is 0.506. The van der Waals surface area contributed by atoms with Crippen molar-refractivity contribution < 1.29 is 18.1 Å². The lowest BCUT2D eigenvalue weighted by atomic mass is 10.2. The number of nitrogens with one attached hydrogen (secondary N) is 1. The Balaban J connectivity index is 2.42. The van der Waals surface area contributed by atoms with Gasteiger partial charge >= 0.3 is 0 Å². The highest BCUT2D eigenvalue weighted by molar-refractivity contribution is 7.92. The molecule has 0 atom stereocenters. The van der Waals surface area contributed by atoms with Crippen molar-refractivity contribution in [2.75, 3.05) is 11.0 Å². The van der Waals surface area contributed by atoms with E-state index in [4.69, 9.17) is 4.74 Å². The number of nitro groups is 1. The summed E-state index contributed by atoms with van der Waals surface area (Å²) in [6.45, 7) is 1.91. The van der Waals surface area contributed by atoms with Gasteiger partial charge in [-0.05, 0) is 25.1 Å². The van der Waals surface area contributed by atoms with E-state index in [1.165, 1.54) is 18.2 Å². The average molecular weight is 322 g/mol. The summed E-state index contributed by atoms with van der Waals surface area (Å²) < 4.78 is 30.6. The van der Waals surface area contributed by atoms with Crippen molar-refractivity contribution in [1.29, 1.82) is 0 Å². The number of benzene rings is 2. The fourth-order valence-corrected chi connectivity index (χ4v) is 2.29. The number of hydrogen-bond donors (Lipinski definition) is 1. The van der Waals surface area contributed by atoms with E-state index in [1.54, 1.807) is 12.1 Å². The van der Waals surface area contributed by atoms with Crippen LogP contribution in [-0.4, -0.2) is 19.6 Å². The molecule has 0 aliphatic carbocycles. The van der Waals surface area contributed by atoms with Crippen molar-refractivity contribution in [2.24, 2.45) is 0 Å². The van der Waals surface area contributed by atoms with Gasteiger partial charge in [0, 0.05) is 6.07 Å². The van der Waals surface area contributed by atoms with Gasteiger partial charge in [0.1, 0.15) is 5.75 Å². The standard InChI is InChI=1S/C14H14N2O5S/c1-10-3-6-12(7-4-10)21-14-9-11(16(17)18)5-8-13(14)15-22(2,19)20/h3-9,15H,1-2H3. The van der Waals surface area contributed by atoms with Crippen molar-refractivity contribution in [3.8, 4) is 11.5 Å². The molecule has 0 saturated carbocycles. The maximum Gasteiger partial charge on any atom is 0.273 e. The molecule has 0 saturated heterocycles. The zero-order chi connectivity index (χ0) is 16.3. The van der Waals surface area contributed by atoms with Crippen LogP contribution in [0.4, 0.5) is 11.4 Å². The summed E-state index contributed by atoms with van der Waals surface area (Å²) in [7, 11) is -3.53. The highest BCUT2D eigenvalue weighted by atomic mass is 32.2. The van der Waals surface area contributed by atoms with Gasteiger partial charge in [0.2, 0.25) is 10.0 Å². The molecule has 0 heterocycles. The Kier molecular flexibility index (Phi) is 4.32. The van der Waals surface area contributed by atoms with Crippen LogP contribution in [0.1, 0.15) is 5.56 Å². The summed E-state index contributed by atoms with van der Waals surface area (Å²) in [6, 6.07) is 10.7. The maximum atomic E-state index is 11.4. The molecule has 0 aliphatic rings. The third-order valence-electron chi connectivity index (χ3n) is 2.72. The quantitative estimate of drug-likeness (QED) is 0.673. The van der Waals surface area contributed by atoms with Gasteiger partial charge in [-0.3, -0.25) is 14.8 Å². The highest BCUT2D eigenvalue weighted by Crippen LogP contribution is 2.33. The molecule has 0 amide bonds. The van der Waals surface area contributed by atoms with E-state index in [0.717, 1.165) is 11.8 Å². The number of non-ortho nitro benzene ring substituents is 1. The minimum absolute atomic E-state index is 0.0588. The third kappa shape index (κ3) is 4.19. The Labute approximate surface area is 127 Å². The summed E-state index contributed by atoms with van der Waals surface area (Å²) in [4.78, 5) is 10.3. The number of nitrogens with zero attached hydrogens (tertiary/aromatic N) is 1. The predicted octanol–water partition coefficient (Wildman–Crippen LogP) is 3.07.